The lowest BCUT2D eigenvalue weighted by Gasteiger charge is -2.22. The van der Waals surface area contributed by atoms with Crippen LogP contribution in [0.15, 0.2) is 36.4 Å². The van der Waals surface area contributed by atoms with Gasteiger partial charge in [-0.25, -0.2) is 0 Å². The Labute approximate surface area is 129 Å². The predicted octanol–water partition coefficient (Wildman–Crippen LogP) is 4.49. The molecule has 0 saturated carbocycles. The molecule has 1 saturated heterocycles. The first-order valence-corrected chi connectivity index (χ1v) is 7.38. The number of hydrogen-bond donors (Lipinski definition) is 0. The van der Waals surface area contributed by atoms with E-state index in [1.165, 1.54) is 5.56 Å². The lowest BCUT2D eigenvalue weighted by molar-refractivity contribution is 0.185. The highest BCUT2D eigenvalue weighted by Gasteiger charge is 2.21. The van der Waals surface area contributed by atoms with E-state index >= 15 is 0 Å². The molecule has 0 bridgehead atoms. The van der Waals surface area contributed by atoms with Crippen molar-refractivity contribution in [3.05, 3.63) is 52.0 Å². The summed E-state index contributed by atoms with van der Waals surface area (Å²) < 4.78 is 0. The average Bonchev–Trinajstić information content (AvgIpc) is 2.92. The van der Waals surface area contributed by atoms with Gasteiger partial charge in [0.15, 0.2) is 0 Å². The largest absolute Gasteiger partial charge is 0.304 e. The molecule has 0 unspecified atom stereocenters. The van der Waals surface area contributed by atoms with E-state index in [4.69, 9.17) is 28.0 Å². The summed E-state index contributed by atoms with van der Waals surface area (Å²) >= 11 is 12.7. The Morgan fingerprint density at radius 2 is 1.90 bits per heavy atom. The molecule has 0 aliphatic carbocycles. The molecule has 1 heterocycles. The SMILES string of the molecule is Cc1ccc(N2BCCO2)c(-c2c(Cl)cccc2Cl)c1. The molecule has 0 aromatic heterocycles. The van der Waals surface area contributed by atoms with E-state index in [0.717, 1.165) is 37.2 Å². The molecule has 0 N–H and O–H groups in total. The Bertz CT molecular complexity index is 622. The van der Waals surface area contributed by atoms with Crippen molar-refractivity contribution in [2.45, 2.75) is 13.2 Å². The summed E-state index contributed by atoms with van der Waals surface area (Å²) in [6.07, 6.45) is 1.03. The fraction of sp³-hybridized carbons (Fsp3) is 0.200. The molecule has 102 valence electrons. The number of halogens is 2. The maximum atomic E-state index is 6.35. The Hall–Kier alpha value is -1.16. The molecule has 2 aromatic carbocycles. The zero-order chi connectivity index (χ0) is 14.1. The molecule has 0 radical (unpaired) electrons. The van der Waals surface area contributed by atoms with Crippen LogP contribution in [0.2, 0.25) is 16.4 Å². The molecule has 0 spiro atoms. The van der Waals surface area contributed by atoms with Crippen molar-refractivity contribution >= 4 is 36.3 Å². The maximum absolute atomic E-state index is 6.35. The third kappa shape index (κ3) is 2.53. The van der Waals surface area contributed by atoms with Crippen LogP contribution in [-0.2, 0) is 4.84 Å². The second-order valence-electron chi connectivity index (χ2n) is 4.91. The van der Waals surface area contributed by atoms with Gasteiger partial charge in [-0.2, -0.15) is 0 Å². The van der Waals surface area contributed by atoms with Crippen LogP contribution < -0.4 is 4.97 Å². The minimum absolute atomic E-state index is 0.656. The Morgan fingerprint density at radius 3 is 2.55 bits per heavy atom. The summed E-state index contributed by atoms with van der Waals surface area (Å²) in [5, 5.41) is 1.31. The number of aryl methyl sites for hydroxylation is 1. The standard InChI is InChI=1S/C15H14BCl2NO/c1-10-5-6-14(19-16-7-8-20-19)11(9-10)15-12(17)3-2-4-13(15)18/h2-6,9,16H,7-8H2,1H3. The van der Waals surface area contributed by atoms with Crippen molar-refractivity contribution < 1.29 is 4.84 Å². The summed E-state index contributed by atoms with van der Waals surface area (Å²) in [6, 6.07) is 11.8. The molecule has 2 nitrogen and oxygen atoms in total. The van der Waals surface area contributed by atoms with Crippen LogP contribution >= 0.6 is 23.2 Å². The van der Waals surface area contributed by atoms with Crippen LogP contribution in [0.1, 0.15) is 5.56 Å². The Kier molecular flexibility index (Phi) is 3.93. The Balaban J connectivity index is 2.19. The van der Waals surface area contributed by atoms with Crippen LogP contribution in [0.3, 0.4) is 0 Å². The molecule has 0 amide bonds. The molecule has 5 heteroatoms. The van der Waals surface area contributed by atoms with Crippen LogP contribution in [0.25, 0.3) is 11.1 Å². The highest BCUT2D eigenvalue weighted by atomic mass is 35.5. The molecular formula is C15H14BCl2NO. The van der Waals surface area contributed by atoms with Gasteiger partial charge in [0.05, 0.1) is 12.3 Å². The predicted molar refractivity (Wildman–Crippen MR) is 87.0 cm³/mol. The summed E-state index contributed by atoms with van der Waals surface area (Å²) in [5.41, 5.74) is 4.06. The van der Waals surface area contributed by atoms with Gasteiger partial charge in [-0.15, -0.1) is 0 Å². The lowest BCUT2D eigenvalue weighted by atomic mass is 9.88. The number of rotatable bonds is 2. The van der Waals surface area contributed by atoms with Gasteiger partial charge in [-0.3, -0.25) is 4.84 Å². The van der Waals surface area contributed by atoms with Crippen LogP contribution in [0.4, 0.5) is 5.69 Å². The van der Waals surface area contributed by atoms with Crippen molar-refractivity contribution in [1.29, 1.82) is 0 Å². The van der Waals surface area contributed by atoms with Crippen molar-refractivity contribution in [1.82, 2.24) is 0 Å². The van der Waals surface area contributed by atoms with Gasteiger partial charge in [-0.1, -0.05) is 40.9 Å². The molecule has 3 rings (SSSR count). The molecule has 20 heavy (non-hydrogen) atoms. The zero-order valence-corrected chi connectivity index (χ0v) is 12.7. The second kappa shape index (κ2) is 5.68. The topological polar surface area (TPSA) is 12.5 Å². The quantitative estimate of drug-likeness (QED) is 0.758. The summed E-state index contributed by atoms with van der Waals surface area (Å²) in [4.78, 5) is 7.59. The van der Waals surface area contributed by atoms with E-state index in [1.807, 2.05) is 23.2 Å². The third-order valence-corrected chi connectivity index (χ3v) is 4.04. The van der Waals surface area contributed by atoms with Gasteiger partial charge in [0.2, 0.25) is 0 Å². The zero-order valence-electron chi connectivity index (χ0n) is 11.2. The molecule has 1 aliphatic rings. The number of anilines is 1. The first kappa shape index (κ1) is 13.8. The van der Waals surface area contributed by atoms with Crippen molar-refractivity contribution in [3.8, 4) is 11.1 Å². The molecular weight excluding hydrogens is 292 g/mol. The van der Waals surface area contributed by atoms with E-state index in [9.17, 15) is 0 Å². The highest BCUT2D eigenvalue weighted by molar-refractivity contribution is 6.43. The van der Waals surface area contributed by atoms with Crippen molar-refractivity contribution in [3.63, 3.8) is 0 Å². The summed E-state index contributed by atoms with van der Waals surface area (Å²) in [5.74, 6) is 0. The molecule has 1 aliphatic heterocycles. The van der Waals surface area contributed by atoms with Gasteiger partial charge in [0.25, 0.3) is 7.41 Å². The first-order chi connectivity index (χ1) is 9.66. The first-order valence-electron chi connectivity index (χ1n) is 6.62. The van der Waals surface area contributed by atoms with E-state index in [0.29, 0.717) is 10.0 Å². The van der Waals surface area contributed by atoms with Crippen molar-refractivity contribution in [2.24, 2.45) is 0 Å². The fourth-order valence-corrected chi connectivity index (χ4v) is 3.06. The molecule has 1 fully saturated rings. The van der Waals surface area contributed by atoms with Gasteiger partial charge >= 0.3 is 0 Å². The van der Waals surface area contributed by atoms with E-state index in [1.54, 1.807) is 0 Å². The number of nitrogens with zero attached hydrogens (tertiary/aromatic N) is 1. The van der Waals surface area contributed by atoms with Gasteiger partial charge < -0.3 is 4.97 Å². The minimum Gasteiger partial charge on any atom is -0.304 e. The number of benzene rings is 2. The Morgan fingerprint density at radius 1 is 1.15 bits per heavy atom. The van der Waals surface area contributed by atoms with Crippen LogP contribution in [0, 0.1) is 6.92 Å². The monoisotopic (exact) mass is 305 g/mol. The minimum atomic E-state index is 0.656. The molecule has 2 aromatic rings. The van der Waals surface area contributed by atoms with E-state index in [2.05, 4.69) is 25.1 Å². The summed E-state index contributed by atoms with van der Waals surface area (Å²) in [7, 11) is 0.887. The second-order valence-corrected chi connectivity index (χ2v) is 5.72. The van der Waals surface area contributed by atoms with Gasteiger partial charge in [0.1, 0.15) is 0 Å². The normalized spacial score (nSPS) is 14.4. The lowest BCUT2D eigenvalue weighted by Crippen LogP contribution is -2.20. The van der Waals surface area contributed by atoms with Crippen molar-refractivity contribution in [2.75, 3.05) is 11.6 Å². The number of hydrogen-bond acceptors (Lipinski definition) is 2. The van der Waals surface area contributed by atoms with Gasteiger partial charge in [0, 0.05) is 21.2 Å². The van der Waals surface area contributed by atoms with Crippen LogP contribution in [-0.4, -0.2) is 14.0 Å². The van der Waals surface area contributed by atoms with Gasteiger partial charge in [-0.05, 0) is 37.5 Å². The average molecular weight is 306 g/mol. The molecule has 0 atom stereocenters. The maximum Gasteiger partial charge on any atom is 0.275 e. The highest BCUT2D eigenvalue weighted by Crippen LogP contribution is 2.40. The smallest absolute Gasteiger partial charge is 0.275 e. The summed E-state index contributed by atoms with van der Waals surface area (Å²) in [6.45, 7) is 2.81. The van der Waals surface area contributed by atoms with E-state index < -0.39 is 0 Å². The third-order valence-electron chi connectivity index (χ3n) is 3.41. The van der Waals surface area contributed by atoms with E-state index in [-0.39, 0.29) is 0 Å². The van der Waals surface area contributed by atoms with Crippen LogP contribution in [0.5, 0.6) is 0 Å². The fourth-order valence-electron chi connectivity index (χ4n) is 2.46.